The van der Waals surface area contributed by atoms with E-state index in [1.165, 1.54) is 7.11 Å². The second-order valence-electron chi connectivity index (χ2n) is 6.93. The fraction of sp³-hybridized carbons (Fsp3) is 0.125. The van der Waals surface area contributed by atoms with E-state index in [4.69, 9.17) is 4.74 Å². The van der Waals surface area contributed by atoms with Gasteiger partial charge >= 0.3 is 0 Å². The minimum Gasteiger partial charge on any atom is -0.496 e. The molecule has 7 nitrogen and oxygen atoms in total. The Kier molecular flexibility index (Phi) is 5.93. The highest BCUT2D eigenvalue weighted by molar-refractivity contribution is 5.97. The fourth-order valence-electron chi connectivity index (χ4n) is 3.24. The molecular formula is C24H22N4O3. The molecule has 0 radical (unpaired) electrons. The zero-order valence-electron chi connectivity index (χ0n) is 17.0. The van der Waals surface area contributed by atoms with Gasteiger partial charge in [-0.1, -0.05) is 24.3 Å². The molecule has 0 aliphatic rings. The van der Waals surface area contributed by atoms with Crippen LogP contribution in [0.1, 0.15) is 16.8 Å². The molecule has 4 aromatic rings. The Bertz CT molecular complexity index is 1180. The highest BCUT2D eigenvalue weighted by Gasteiger charge is 2.12. The molecule has 3 aromatic carbocycles. The third-order valence-electron chi connectivity index (χ3n) is 4.82. The first-order chi connectivity index (χ1) is 15.1. The van der Waals surface area contributed by atoms with Gasteiger partial charge < -0.3 is 20.4 Å². The minimum absolute atomic E-state index is 0.159. The predicted molar refractivity (Wildman–Crippen MR) is 120 cm³/mol. The minimum atomic E-state index is -0.277. The number of para-hydroxylation sites is 3. The topological polar surface area (TPSA) is 96.1 Å². The summed E-state index contributed by atoms with van der Waals surface area (Å²) in [6.07, 6.45) is 0.159. The number of aromatic amines is 1. The summed E-state index contributed by atoms with van der Waals surface area (Å²) in [5.74, 6) is 0.810. The van der Waals surface area contributed by atoms with Gasteiger partial charge in [0.15, 0.2) is 0 Å². The summed E-state index contributed by atoms with van der Waals surface area (Å²) >= 11 is 0. The zero-order valence-corrected chi connectivity index (χ0v) is 17.0. The maximum atomic E-state index is 12.3. The molecule has 156 valence electrons. The Balaban J connectivity index is 1.30. The highest BCUT2D eigenvalue weighted by Crippen LogP contribution is 2.22. The Labute approximate surface area is 179 Å². The monoisotopic (exact) mass is 414 g/mol. The fourth-order valence-corrected chi connectivity index (χ4v) is 3.24. The maximum absolute atomic E-state index is 12.3. The number of imidazole rings is 1. The van der Waals surface area contributed by atoms with Crippen LogP contribution < -0.4 is 15.4 Å². The molecule has 0 fully saturated rings. The third-order valence-corrected chi connectivity index (χ3v) is 4.82. The van der Waals surface area contributed by atoms with Gasteiger partial charge in [0.05, 0.1) is 23.7 Å². The van der Waals surface area contributed by atoms with Crippen LogP contribution in [-0.2, 0) is 4.79 Å². The number of ether oxygens (including phenoxy) is 1. The van der Waals surface area contributed by atoms with Crippen LogP contribution in [0.15, 0.2) is 72.8 Å². The van der Waals surface area contributed by atoms with Crippen molar-refractivity contribution in [2.45, 2.75) is 6.42 Å². The molecule has 0 bridgehead atoms. The van der Waals surface area contributed by atoms with Crippen LogP contribution >= 0.6 is 0 Å². The third kappa shape index (κ3) is 4.72. The number of methoxy groups -OCH3 is 1. The molecule has 0 aliphatic heterocycles. The first-order valence-electron chi connectivity index (χ1n) is 9.90. The van der Waals surface area contributed by atoms with Crippen LogP contribution in [0.4, 0.5) is 5.69 Å². The van der Waals surface area contributed by atoms with Gasteiger partial charge in [0, 0.05) is 24.2 Å². The lowest BCUT2D eigenvalue weighted by Gasteiger charge is -2.09. The second-order valence-corrected chi connectivity index (χ2v) is 6.93. The number of hydrogen-bond acceptors (Lipinski definition) is 4. The van der Waals surface area contributed by atoms with Crippen molar-refractivity contribution in [2.75, 3.05) is 19.0 Å². The summed E-state index contributed by atoms with van der Waals surface area (Å²) in [5.41, 5.74) is 3.93. The summed E-state index contributed by atoms with van der Waals surface area (Å²) in [4.78, 5) is 32.4. The summed E-state index contributed by atoms with van der Waals surface area (Å²) in [6, 6.07) is 22.3. The number of H-pyrrole nitrogens is 1. The molecule has 0 aliphatic carbocycles. The average molecular weight is 414 g/mol. The number of anilines is 1. The van der Waals surface area contributed by atoms with E-state index in [0.717, 1.165) is 22.4 Å². The van der Waals surface area contributed by atoms with Crippen molar-refractivity contribution < 1.29 is 14.3 Å². The van der Waals surface area contributed by atoms with Crippen molar-refractivity contribution in [1.29, 1.82) is 0 Å². The van der Waals surface area contributed by atoms with Crippen molar-refractivity contribution in [3.63, 3.8) is 0 Å². The number of nitrogens with zero attached hydrogens (tertiary/aromatic N) is 1. The lowest BCUT2D eigenvalue weighted by molar-refractivity contribution is -0.116. The second kappa shape index (κ2) is 9.13. The van der Waals surface area contributed by atoms with Crippen LogP contribution in [0.25, 0.3) is 22.4 Å². The molecule has 1 aromatic heterocycles. The number of nitrogens with one attached hydrogen (secondary N) is 3. The Morgan fingerprint density at radius 3 is 2.48 bits per heavy atom. The molecule has 1 heterocycles. The van der Waals surface area contributed by atoms with Gasteiger partial charge in [-0.15, -0.1) is 0 Å². The molecule has 4 rings (SSSR count). The normalized spacial score (nSPS) is 10.6. The summed E-state index contributed by atoms with van der Waals surface area (Å²) in [5, 5.41) is 5.58. The van der Waals surface area contributed by atoms with E-state index in [2.05, 4.69) is 20.6 Å². The number of carbonyl (C=O) groups excluding carboxylic acids is 2. The van der Waals surface area contributed by atoms with Crippen LogP contribution in [0.5, 0.6) is 5.75 Å². The number of carbonyl (C=O) groups is 2. The molecule has 31 heavy (non-hydrogen) atoms. The van der Waals surface area contributed by atoms with Crippen LogP contribution in [0.2, 0.25) is 0 Å². The standard InChI is InChI=1S/C24H22N4O3/c1-31-21-9-5-2-6-18(21)24(30)25-15-14-22(29)26-17-12-10-16(11-13-17)23-27-19-7-3-4-8-20(19)28-23/h2-13H,14-15H2,1H3,(H,25,30)(H,26,29)(H,27,28). The van der Waals surface area contributed by atoms with E-state index in [1.54, 1.807) is 24.3 Å². The number of benzene rings is 3. The van der Waals surface area contributed by atoms with Gasteiger partial charge in [-0.05, 0) is 48.5 Å². The van der Waals surface area contributed by atoms with Gasteiger partial charge in [0.25, 0.3) is 5.91 Å². The predicted octanol–water partition coefficient (Wildman–Crippen LogP) is 4.00. The van der Waals surface area contributed by atoms with E-state index >= 15 is 0 Å². The summed E-state index contributed by atoms with van der Waals surface area (Å²) in [6.45, 7) is 0.222. The van der Waals surface area contributed by atoms with Gasteiger partial charge in [-0.25, -0.2) is 4.98 Å². The van der Waals surface area contributed by atoms with Crippen LogP contribution in [0.3, 0.4) is 0 Å². The lowest BCUT2D eigenvalue weighted by Crippen LogP contribution is -2.28. The van der Waals surface area contributed by atoms with Crippen molar-refractivity contribution in [2.24, 2.45) is 0 Å². The molecular weight excluding hydrogens is 392 g/mol. The van der Waals surface area contributed by atoms with Crippen molar-refractivity contribution in [1.82, 2.24) is 15.3 Å². The molecule has 0 atom stereocenters. The van der Waals surface area contributed by atoms with E-state index in [-0.39, 0.29) is 24.8 Å². The Morgan fingerprint density at radius 1 is 0.968 bits per heavy atom. The van der Waals surface area contributed by atoms with E-state index in [1.807, 2.05) is 48.5 Å². The molecule has 7 heteroatoms. The van der Waals surface area contributed by atoms with Crippen molar-refractivity contribution >= 4 is 28.5 Å². The zero-order chi connectivity index (χ0) is 21.6. The van der Waals surface area contributed by atoms with E-state index in [0.29, 0.717) is 17.0 Å². The Morgan fingerprint density at radius 2 is 1.71 bits per heavy atom. The first kappa shape index (κ1) is 20.2. The highest BCUT2D eigenvalue weighted by atomic mass is 16.5. The van der Waals surface area contributed by atoms with Gasteiger partial charge in [0.1, 0.15) is 11.6 Å². The van der Waals surface area contributed by atoms with Crippen LogP contribution in [-0.4, -0.2) is 35.4 Å². The molecule has 0 unspecified atom stereocenters. The molecule has 0 saturated carbocycles. The smallest absolute Gasteiger partial charge is 0.255 e. The number of fused-ring (bicyclic) bond motifs is 1. The number of aromatic nitrogens is 2. The maximum Gasteiger partial charge on any atom is 0.255 e. The number of hydrogen-bond donors (Lipinski definition) is 3. The largest absolute Gasteiger partial charge is 0.496 e. The van der Waals surface area contributed by atoms with Crippen molar-refractivity contribution in [3.05, 3.63) is 78.4 Å². The van der Waals surface area contributed by atoms with Gasteiger partial charge in [-0.3, -0.25) is 9.59 Å². The SMILES string of the molecule is COc1ccccc1C(=O)NCCC(=O)Nc1ccc(-c2nc3ccccc3[nH]2)cc1. The van der Waals surface area contributed by atoms with E-state index < -0.39 is 0 Å². The summed E-state index contributed by atoms with van der Waals surface area (Å²) < 4.78 is 5.18. The average Bonchev–Trinajstić information content (AvgIpc) is 3.23. The quantitative estimate of drug-likeness (QED) is 0.426. The molecule has 0 saturated heterocycles. The van der Waals surface area contributed by atoms with Gasteiger partial charge in [-0.2, -0.15) is 0 Å². The van der Waals surface area contributed by atoms with Crippen molar-refractivity contribution in [3.8, 4) is 17.1 Å². The first-order valence-corrected chi connectivity index (χ1v) is 9.90. The number of amides is 2. The molecule has 0 spiro atoms. The lowest BCUT2D eigenvalue weighted by atomic mass is 10.2. The molecule has 3 N–H and O–H groups in total. The van der Waals surface area contributed by atoms with Gasteiger partial charge in [0.2, 0.25) is 5.91 Å². The van der Waals surface area contributed by atoms with Crippen LogP contribution in [0, 0.1) is 0 Å². The molecule has 2 amide bonds. The van der Waals surface area contributed by atoms with E-state index in [9.17, 15) is 9.59 Å². The number of rotatable bonds is 7. The summed E-state index contributed by atoms with van der Waals surface area (Å²) in [7, 11) is 1.51. The Hall–Kier alpha value is -4.13.